The summed E-state index contributed by atoms with van der Waals surface area (Å²) in [6.07, 6.45) is 5.12. The predicted molar refractivity (Wildman–Crippen MR) is 126 cm³/mol. The minimum absolute atomic E-state index is 0.00434. The first-order valence-corrected chi connectivity index (χ1v) is 11.3. The van der Waals surface area contributed by atoms with Crippen LogP contribution in [0.1, 0.15) is 24.0 Å². The van der Waals surface area contributed by atoms with Crippen LogP contribution in [-0.4, -0.2) is 33.6 Å². The lowest BCUT2D eigenvalue weighted by molar-refractivity contribution is -0.125. The van der Waals surface area contributed by atoms with Crippen molar-refractivity contribution in [1.82, 2.24) is 19.9 Å². The Morgan fingerprint density at radius 2 is 1.88 bits per heavy atom. The Morgan fingerprint density at radius 3 is 2.64 bits per heavy atom. The van der Waals surface area contributed by atoms with Gasteiger partial charge in [0.1, 0.15) is 11.3 Å². The summed E-state index contributed by atoms with van der Waals surface area (Å²) in [7, 11) is 0. The highest BCUT2D eigenvalue weighted by Crippen LogP contribution is 2.28. The van der Waals surface area contributed by atoms with Crippen LogP contribution in [0.25, 0.3) is 16.8 Å². The predicted octanol–water partition coefficient (Wildman–Crippen LogP) is 4.38. The summed E-state index contributed by atoms with van der Waals surface area (Å²) in [5, 5.41) is 7.74. The van der Waals surface area contributed by atoms with Crippen molar-refractivity contribution in [1.29, 1.82) is 0 Å². The fourth-order valence-corrected chi connectivity index (χ4v) is 4.40. The topological polar surface area (TPSA) is 62.5 Å². The molecular weight excluding hydrogens is 417 g/mol. The van der Waals surface area contributed by atoms with Gasteiger partial charge in [-0.2, -0.15) is 5.10 Å². The fraction of sp³-hybridized carbons (Fsp3) is 0.269. The molecule has 0 radical (unpaired) electrons. The molecule has 1 N–H and O–H groups in total. The summed E-state index contributed by atoms with van der Waals surface area (Å²) in [5.41, 5.74) is 4.87. The first-order chi connectivity index (χ1) is 16.1. The molecule has 33 heavy (non-hydrogen) atoms. The third-order valence-electron chi connectivity index (χ3n) is 6.39. The largest absolute Gasteiger partial charge is 0.355 e. The van der Waals surface area contributed by atoms with E-state index in [-0.39, 0.29) is 17.6 Å². The van der Waals surface area contributed by atoms with Gasteiger partial charge in [-0.05, 0) is 61.2 Å². The molecule has 4 aromatic rings. The van der Waals surface area contributed by atoms with E-state index >= 15 is 0 Å². The van der Waals surface area contributed by atoms with Crippen LogP contribution < -0.4 is 10.2 Å². The van der Waals surface area contributed by atoms with Crippen LogP contribution in [0.2, 0.25) is 0 Å². The van der Waals surface area contributed by atoms with Crippen molar-refractivity contribution in [3.05, 3.63) is 83.9 Å². The number of anilines is 1. The van der Waals surface area contributed by atoms with E-state index in [1.807, 2.05) is 28.9 Å². The Balaban J connectivity index is 1.26. The molecule has 1 aliphatic heterocycles. The Labute approximate surface area is 192 Å². The van der Waals surface area contributed by atoms with Gasteiger partial charge in [0.25, 0.3) is 0 Å². The number of nitrogens with zero attached hydrogens (tertiary/aromatic N) is 4. The van der Waals surface area contributed by atoms with Gasteiger partial charge in [0.05, 0.1) is 5.69 Å². The summed E-state index contributed by atoms with van der Waals surface area (Å²) < 4.78 is 15.1. The number of aryl methyl sites for hydroxylation is 1. The maximum atomic E-state index is 13.3. The van der Waals surface area contributed by atoms with E-state index in [2.05, 4.69) is 39.4 Å². The Morgan fingerprint density at radius 1 is 1.12 bits per heavy atom. The number of benzene rings is 2. The number of aromatic nitrogens is 3. The van der Waals surface area contributed by atoms with Crippen molar-refractivity contribution in [2.75, 3.05) is 18.0 Å². The van der Waals surface area contributed by atoms with Gasteiger partial charge < -0.3 is 10.2 Å². The molecule has 0 spiro atoms. The molecule has 0 saturated carbocycles. The third kappa shape index (κ3) is 4.44. The van der Waals surface area contributed by atoms with Gasteiger partial charge in [0.15, 0.2) is 5.82 Å². The number of piperidine rings is 1. The van der Waals surface area contributed by atoms with Crippen molar-refractivity contribution in [2.24, 2.45) is 5.92 Å². The normalized spacial score (nSPS) is 14.5. The second-order valence-electron chi connectivity index (χ2n) is 8.52. The molecule has 1 saturated heterocycles. The summed E-state index contributed by atoms with van der Waals surface area (Å²) in [6, 6.07) is 16.4. The first kappa shape index (κ1) is 21.1. The molecular formula is C26H26FN5O. The van der Waals surface area contributed by atoms with Crippen molar-refractivity contribution < 1.29 is 9.18 Å². The molecule has 168 valence electrons. The average Bonchev–Trinajstić information content (AvgIpc) is 3.28. The maximum absolute atomic E-state index is 13.3. The van der Waals surface area contributed by atoms with Gasteiger partial charge in [-0.1, -0.05) is 24.3 Å². The Kier molecular flexibility index (Phi) is 5.77. The van der Waals surface area contributed by atoms with Gasteiger partial charge >= 0.3 is 0 Å². The molecule has 2 aromatic carbocycles. The standard InChI is InChI=1S/C26H26FN5O/c1-18-4-2-3-5-21(18)17-29-26(33)20-10-13-31(14-11-20)25-24-16-23(30-32(24)15-12-28-25)19-6-8-22(27)9-7-19/h2-9,12,15-16,20H,10-11,13-14,17H2,1H3,(H,29,33). The molecule has 0 atom stereocenters. The van der Waals surface area contributed by atoms with E-state index in [1.165, 1.54) is 17.7 Å². The molecule has 0 aliphatic carbocycles. The SMILES string of the molecule is Cc1ccccc1CNC(=O)C1CCN(c2nccn3nc(-c4ccc(F)cc4)cc23)CC1. The molecule has 2 aromatic heterocycles. The minimum Gasteiger partial charge on any atom is -0.355 e. The summed E-state index contributed by atoms with van der Waals surface area (Å²) >= 11 is 0. The van der Waals surface area contributed by atoms with Gasteiger partial charge in [-0.3, -0.25) is 4.79 Å². The third-order valence-corrected chi connectivity index (χ3v) is 6.39. The van der Waals surface area contributed by atoms with E-state index in [4.69, 9.17) is 0 Å². The number of carbonyl (C=O) groups excluding carboxylic acids is 1. The average molecular weight is 444 g/mol. The van der Waals surface area contributed by atoms with E-state index in [0.29, 0.717) is 6.54 Å². The van der Waals surface area contributed by atoms with Crippen LogP contribution >= 0.6 is 0 Å². The number of nitrogens with one attached hydrogen (secondary N) is 1. The monoisotopic (exact) mass is 443 g/mol. The zero-order valence-electron chi connectivity index (χ0n) is 18.5. The lowest BCUT2D eigenvalue weighted by Gasteiger charge is -2.32. The number of carbonyl (C=O) groups is 1. The fourth-order valence-electron chi connectivity index (χ4n) is 4.40. The zero-order chi connectivity index (χ0) is 22.8. The lowest BCUT2D eigenvalue weighted by atomic mass is 9.95. The molecule has 5 rings (SSSR count). The van der Waals surface area contributed by atoms with E-state index in [9.17, 15) is 9.18 Å². The van der Waals surface area contributed by atoms with Crippen LogP contribution in [0.5, 0.6) is 0 Å². The highest BCUT2D eigenvalue weighted by Gasteiger charge is 2.26. The van der Waals surface area contributed by atoms with E-state index in [1.54, 1.807) is 18.3 Å². The van der Waals surface area contributed by atoms with Crippen LogP contribution in [0.3, 0.4) is 0 Å². The van der Waals surface area contributed by atoms with Crippen molar-refractivity contribution in [2.45, 2.75) is 26.3 Å². The van der Waals surface area contributed by atoms with Crippen LogP contribution in [0.15, 0.2) is 67.0 Å². The summed E-state index contributed by atoms with van der Waals surface area (Å²) in [6.45, 7) is 4.14. The molecule has 0 bridgehead atoms. The molecule has 1 fully saturated rings. The van der Waals surface area contributed by atoms with Gasteiger partial charge in [0.2, 0.25) is 5.91 Å². The summed E-state index contributed by atoms with van der Waals surface area (Å²) in [5.74, 6) is 0.713. The molecule has 7 heteroatoms. The number of fused-ring (bicyclic) bond motifs is 1. The first-order valence-electron chi connectivity index (χ1n) is 11.3. The van der Waals surface area contributed by atoms with Crippen molar-refractivity contribution in [3.63, 3.8) is 0 Å². The summed E-state index contributed by atoms with van der Waals surface area (Å²) in [4.78, 5) is 19.6. The van der Waals surface area contributed by atoms with E-state index < -0.39 is 0 Å². The number of amides is 1. The lowest BCUT2D eigenvalue weighted by Crippen LogP contribution is -2.40. The molecule has 3 heterocycles. The molecule has 1 amide bonds. The molecule has 1 aliphatic rings. The zero-order valence-corrected chi connectivity index (χ0v) is 18.5. The Hall–Kier alpha value is -3.74. The van der Waals surface area contributed by atoms with Crippen molar-refractivity contribution in [3.8, 4) is 11.3 Å². The number of hydrogen-bond acceptors (Lipinski definition) is 4. The van der Waals surface area contributed by atoms with Crippen LogP contribution in [-0.2, 0) is 11.3 Å². The quantitative estimate of drug-likeness (QED) is 0.497. The second-order valence-corrected chi connectivity index (χ2v) is 8.52. The van der Waals surface area contributed by atoms with Gasteiger partial charge in [-0.15, -0.1) is 0 Å². The van der Waals surface area contributed by atoms with Gasteiger partial charge in [-0.25, -0.2) is 13.9 Å². The van der Waals surface area contributed by atoms with Crippen LogP contribution in [0.4, 0.5) is 10.2 Å². The van der Waals surface area contributed by atoms with Crippen LogP contribution in [0, 0.1) is 18.7 Å². The smallest absolute Gasteiger partial charge is 0.223 e. The highest BCUT2D eigenvalue weighted by molar-refractivity contribution is 5.79. The number of rotatable bonds is 5. The number of halogens is 1. The molecule has 0 unspecified atom stereocenters. The van der Waals surface area contributed by atoms with Crippen molar-refractivity contribution >= 4 is 17.2 Å². The van der Waals surface area contributed by atoms with E-state index in [0.717, 1.165) is 54.1 Å². The molecule has 6 nitrogen and oxygen atoms in total. The van der Waals surface area contributed by atoms with Gasteiger partial charge in [0, 0.05) is 43.5 Å². The number of hydrogen-bond donors (Lipinski definition) is 1. The maximum Gasteiger partial charge on any atom is 0.223 e. The Bertz CT molecular complexity index is 1280. The minimum atomic E-state index is -0.268. The second kappa shape index (κ2) is 9.02. The highest BCUT2D eigenvalue weighted by atomic mass is 19.1.